The molecule has 0 amide bonds. The lowest BCUT2D eigenvalue weighted by atomic mass is 9.84. The molecule has 1 saturated carbocycles. The molecule has 1 aliphatic carbocycles. The summed E-state index contributed by atoms with van der Waals surface area (Å²) in [5.74, 6) is 1.15. The van der Waals surface area contributed by atoms with E-state index in [1.807, 2.05) is 12.1 Å². The van der Waals surface area contributed by atoms with Crippen molar-refractivity contribution in [3.8, 4) is 22.8 Å². The van der Waals surface area contributed by atoms with Crippen molar-refractivity contribution in [3.63, 3.8) is 0 Å². The third-order valence-corrected chi connectivity index (χ3v) is 7.60. The van der Waals surface area contributed by atoms with Crippen LogP contribution in [0.5, 0.6) is 11.5 Å². The fourth-order valence-corrected chi connectivity index (χ4v) is 6.27. The van der Waals surface area contributed by atoms with E-state index in [1.54, 1.807) is 23.5 Å². The van der Waals surface area contributed by atoms with Gasteiger partial charge in [0.05, 0.1) is 29.6 Å². The molecule has 0 saturated heterocycles. The topological polar surface area (TPSA) is 60.7 Å². The lowest BCUT2D eigenvalue weighted by molar-refractivity contribution is 0.0606. The molecule has 1 N–H and O–H groups in total. The van der Waals surface area contributed by atoms with Gasteiger partial charge in [0.2, 0.25) is 0 Å². The molecule has 0 radical (unpaired) electrons. The van der Waals surface area contributed by atoms with E-state index in [9.17, 15) is 9.90 Å². The second kappa shape index (κ2) is 7.99. The first-order valence-electron chi connectivity index (χ1n) is 10.9. The molecule has 1 aliphatic heterocycles. The minimum absolute atomic E-state index is 0.219. The van der Waals surface area contributed by atoms with Crippen LogP contribution in [0, 0.1) is 0 Å². The molecule has 3 aromatic rings. The van der Waals surface area contributed by atoms with Gasteiger partial charge in [-0.2, -0.15) is 0 Å². The normalized spacial score (nSPS) is 17.4. The smallest absolute Gasteiger partial charge is 0.348 e. The van der Waals surface area contributed by atoms with Crippen LogP contribution in [0.3, 0.4) is 0 Å². The summed E-state index contributed by atoms with van der Waals surface area (Å²) < 4.78 is 14.5. The molecule has 3 heterocycles. The summed E-state index contributed by atoms with van der Waals surface area (Å²) in [6.45, 7) is 1.24. The number of esters is 1. The van der Waals surface area contributed by atoms with Crippen molar-refractivity contribution in [2.24, 2.45) is 0 Å². The Morgan fingerprint density at radius 3 is 2.70 bits per heavy atom. The maximum atomic E-state index is 12.3. The standard InChI is InChI=1S/C24H27NO4S/c1-28-24(27)20-14-18-23(30-20)21(15-7-5-3-2-4-6-8-15)22-17-10-9-16(26)13-19(17)29-12-11-25(18)22/h9-10,13-15,26H,2-8,11-12H2,1H3. The van der Waals surface area contributed by atoms with Crippen LogP contribution in [-0.2, 0) is 11.3 Å². The van der Waals surface area contributed by atoms with E-state index >= 15 is 0 Å². The Morgan fingerprint density at radius 2 is 1.93 bits per heavy atom. The molecule has 158 valence electrons. The number of phenolic OH excluding ortho intramolecular Hbond substituents is 1. The van der Waals surface area contributed by atoms with Crippen LogP contribution in [0.15, 0.2) is 24.3 Å². The molecular weight excluding hydrogens is 398 g/mol. The molecule has 0 unspecified atom stereocenters. The highest BCUT2D eigenvalue weighted by Gasteiger charge is 2.30. The van der Waals surface area contributed by atoms with Gasteiger partial charge in [0.25, 0.3) is 0 Å². The highest BCUT2D eigenvalue weighted by molar-refractivity contribution is 7.21. The van der Waals surface area contributed by atoms with Gasteiger partial charge in [-0.1, -0.05) is 32.1 Å². The van der Waals surface area contributed by atoms with Crippen molar-refractivity contribution in [1.82, 2.24) is 4.57 Å². The first-order chi connectivity index (χ1) is 14.7. The summed E-state index contributed by atoms with van der Waals surface area (Å²) >= 11 is 1.55. The van der Waals surface area contributed by atoms with Gasteiger partial charge in [0.1, 0.15) is 23.0 Å². The van der Waals surface area contributed by atoms with E-state index in [0.717, 1.165) is 16.8 Å². The highest BCUT2D eigenvalue weighted by atomic mass is 32.1. The SMILES string of the molecule is COC(=O)c1cc2c(s1)c(C1CCCCCCC1)c1n2CCOc2cc(O)ccc2-1. The van der Waals surface area contributed by atoms with Gasteiger partial charge in [0, 0.05) is 11.6 Å². The van der Waals surface area contributed by atoms with Crippen LogP contribution >= 0.6 is 11.3 Å². The number of fused-ring (bicyclic) bond motifs is 5. The summed E-state index contributed by atoms with van der Waals surface area (Å²) in [6.07, 6.45) is 8.74. The molecule has 30 heavy (non-hydrogen) atoms. The maximum absolute atomic E-state index is 12.3. The van der Waals surface area contributed by atoms with Gasteiger partial charge in [-0.25, -0.2) is 4.79 Å². The van der Waals surface area contributed by atoms with E-state index in [2.05, 4.69) is 4.57 Å². The van der Waals surface area contributed by atoms with Crippen LogP contribution in [0.4, 0.5) is 0 Å². The molecule has 6 heteroatoms. The van der Waals surface area contributed by atoms with Gasteiger partial charge in [0.15, 0.2) is 0 Å². The van der Waals surface area contributed by atoms with Crippen molar-refractivity contribution in [3.05, 3.63) is 34.7 Å². The number of aromatic hydroxyl groups is 1. The number of rotatable bonds is 2. The second-order valence-electron chi connectivity index (χ2n) is 8.30. The number of methoxy groups -OCH3 is 1. The number of thiophene rings is 1. The number of benzene rings is 1. The molecule has 5 nitrogen and oxygen atoms in total. The van der Waals surface area contributed by atoms with E-state index in [-0.39, 0.29) is 11.7 Å². The van der Waals surface area contributed by atoms with E-state index in [1.165, 1.54) is 68.0 Å². The van der Waals surface area contributed by atoms with Crippen LogP contribution in [0.1, 0.15) is 66.1 Å². The van der Waals surface area contributed by atoms with Gasteiger partial charge >= 0.3 is 5.97 Å². The van der Waals surface area contributed by atoms with Crippen molar-refractivity contribution >= 4 is 27.5 Å². The number of phenols is 1. The summed E-state index contributed by atoms with van der Waals surface area (Å²) in [5.41, 5.74) is 4.68. The molecule has 2 aliphatic rings. The molecule has 0 spiro atoms. The van der Waals surface area contributed by atoms with E-state index < -0.39 is 0 Å². The Bertz CT molecular complexity index is 1090. The zero-order chi connectivity index (χ0) is 20.7. The number of aromatic nitrogens is 1. The Morgan fingerprint density at radius 1 is 1.17 bits per heavy atom. The van der Waals surface area contributed by atoms with Crippen molar-refractivity contribution in [1.29, 1.82) is 0 Å². The average molecular weight is 426 g/mol. The largest absolute Gasteiger partial charge is 0.508 e. The van der Waals surface area contributed by atoms with Gasteiger partial charge < -0.3 is 19.1 Å². The summed E-state index contributed by atoms with van der Waals surface area (Å²) in [4.78, 5) is 12.9. The minimum Gasteiger partial charge on any atom is -0.508 e. The zero-order valence-corrected chi connectivity index (χ0v) is 18.1. The van der Waals surface area contributed by atoms with Crippen molar-refractivity contribution in [2.75, 3.05) is 13.7 Å². The average Bonchev–Trinajstić information content (AvgIpc) is 3.20. The van der Waals surface area contributed by atoms with Crippen LogP contribution in [0.25, 0.3) is 21.5 Å². The fourth-order valence-electron chi connectivity index (χ4n) is 5.07. The Kier molecular flexibility index (Phi) is 5.19. The fraction of sp³-hybridized carbons (Fsp3) is 0.458. The molecule has 0 bridgehead atoms. The Hall–Kier alpha value is -2.47. The lowest BCUT2D eigenvalue weighted by Crippen LogP contribution is -2.07. The van der Waals surface area contributed by atoms with Gasteiger partial charge in [-0.15, -0.1) is 11.3 Å². The van der Waals surface area contributed by atoms with Crippen molar-refractivity contribution < 1.29 is 19.4 Å². The molecule has 0 atom stereocenters. The summed E-state index contributed by atoms with van der Waals surface area (Å²) in [5, 5.41) is 10.0. The van der Waals surface area contributed by atoms with Crippen LogP contribution < -0.4 is 4.74 Å². The third kappa shape index (κ3) is 3.27. The molecule has 5 rings (SSSR count). The highest BCUT2D eigenvalue weighted by Crippen LogP contribution is 2.49. The van der Waals surface area contributed by atoms with Crippen LogP contribution in [0.2, 0.25) is 0 Å². The molecule has 1 aromatic carbocycles. The number of ether oxygens (including phenoxy) is 2. The van der Waals surface area contributed by atoms with E-state index in [0.29, 0.717) is 23.9 Å². The van der Waals surface area contributed by atoms with Crippen LogP contribution in [-0.4, -0.2) is 29.4 Å². The zero-order valence-electron chi connectivity index (χ0n) is 17.3. The Labute approximate surface area is 180 Å². The molecule has 1 fully saturated rings. The van der Waals surface area contributed by atoms with Gasteiger partial charge in [-0.3, -0.25) is 0 Å². The summed E-state index contributed by atoms with van der Waals surface area (Å²) in [6, 6.07) is 7.40. The predicted octanol–water partition coefficient (Wildman–Crippen LogP) is 6.08. The number of hydrogen-bond acceptors (Lipinski definition) is 5. The number of nitrogens with zero attached hydrogens (tertiary/aromatic N) is 1. The first-order valence-corrected chi connectivity index (χ1v) is 11.7. The maximum Gasteiger partial charge on any atom is 0.348 e. The monoisotopic (exact) mass is 425 g/mol. The quantitative estimate of drug-likeness (QED) is 0.505. The Balaban J connectivity index is 1.76. The number of carbonyl (C=O) groups is 1. The molecule has 2 aromatic heterocycles. The number of carbonyl (C=O) groups excluding carboxylic acids is 1. The first kappa shape index (κ1) is 19.5. The minimum atomic E-state index is -0.274. The molecular formula is C24H27NO4S. The van der Waals surface area contributed by atoms with Gasteiger partial charge in [-0.05, 0) is 42.5 Å². The lowest BCUT2D eigenvalue weighted by Gasteiger charge is -2.22. The number of hydrogen-bond donors (Lipinski definition) is 1. The summed E-state index contributed by atoms with van der Waals surface area (Å²) in [7, 11) is 1.44. The predicted molar refractivity (Wildman–Crippen MR) is 119 cm³/mol. The third-order valence-electron chi connectivity index (χ3n) is 6.47. The van der Waals surface area contributed by atoms with Crippen molar-refractivity contribution in [2.45, 2.75) is 57.4 Å². The van der Waals surface area contributed by atoms with E-state index in [4.69, 9.17) is 9.47 Å². The second-order valence-corrected chi connectivity index (χ2v) is 9.35.